The zero-order chi connectivity index (χ0) is 35.8. The van der Waals surface area contributed by atoms with E-state index in [1.165, 1.54) is 12.5 Å². The van der Waals surface area contributed by atoms with Gasteiger partial charge in [0.2, 0.25) is 0 Å². The van der Waals surface area contributed by atoms with Gasteiger partial charge in [0.15, 0.2) is 0 Å². The number of nitrogens with zero attached hydrogens (tertiary/aromatic N) is 3. The zero-order valence-electron chi connectivity index (χ0n) is 29.6. The second kappa shape index (κ2) is 15.9. The highest BCUT2D eigenvalue weighted by Crippen LogP contribution is 2.29. The average Bonchev–Trinajstić information content (AvgIpc) is 3.04. The Bertz CT molecular complexity index is 1660. The maximum atomic E-state index is 13.5. The SMILES string of the molecule is CC(=O)OCc1ccc(CN(C(=O)OC(C)(C)C)C(=O)OC(C)(C)C)cc1C1=CCN(C(=O)c2cncc(CCc3ccccc3)c2)CC1. The van der Waals surface area contributed by atoms with Crippen LogP contribution in [0.25, 0.3) is 5.57 Å². The molecule has 3 amide bonds. The Balaban J connectivity index is 1.55. The minimum Gasteiger partial charge on any atom is -0.461 e. The van der Waals surface area contributed by atoms with Gasteiger partial charge in [-0.15, -0.1) is 0 Å². The molecule has 1 aliphatic heterocycles. The van der Waals surface area contributed by atoms with Crippen LogP contribution >= 0.6 is 0 Å². The van der Waals surface area contributed by atoms with Gasteiger partial charge in [0.1, 0.15) is 17.8 Å². The minimum absolute atomic E-state index is 0.0498. The van der Waals surface area contributed by atoms with Crippen LogP contribution in [0.5, 0.6) is 0 Å². The van der Waals surface area contributed by atoms with Crippen LogP contribution in [0.3, 0.4) is 0 Å². The molecule has 0 N–H and O–H groups in total. The summed E-state index contributed by atoms with van der Waals surface area (Å²) in [7, 11) is 0. The normalized spacial score (nSPS) is 13.3. The van der Waals surface area contributed by atoms with Crippen molar-refractivity contribution in [3.8, 4) is 0 Å². The second-order valence-corrected chi connectivity index (χ2v) is 14.1. The van der Waals surface area contributed by atoms with Crippen LogP contribution in [-0.2, 0) is 45.0 Å². The lowest BCUT2D eigenvalue weighted by Crippen LogP contribution is -2.43. The molecule has 0 bridgehead atoms. The minimum atomic E-state index is -0.827. The van der Waals surface area contributed by atoms with Crippen LogP contribution in [0.4, 0.5) is 9.59 Å². The molecular formula is C39H47N3O7. The third-order valence-electron chi connectivity index (χ3n) is 7.60. The van der Waals surface area contributed by atoms with Crippen molar-refractivity contribution in [1.82, 2.24) is 14.8 Å². The maximum Gasteiger partial charge on any atom is 0.420 e. The van der Waals surface area contributed by atoms with E-state index in [1.807, 2.05) is 42.5 Å². The summed E-state index contributed by atoms with van der Waals surface area (Å²) in [6.07, 6.45) is 5.94. The van der Waals surface area contributed by atoms with Gasteiger partial charge in [0, 0.05) is 32.4 Å². The van der Waals surface area contributed by atoms with Gasteiger partial charge in [-0.05, 0) is 106 Å². The third-order valence-corrected chi connectivity index (χ3v) is 7.60. The molecule has 0 radical (unpaired) electrons. The largest absolute Gasteiger partial charge is 0.461 e. The molecule has 1 aliphatic rings. The number of carbonyl (C=O) groups is 4. The summed E-state index contributed by atoms with van der Waals surface area (Å²) < 4.78 is 16.4. The van der Waals surface area contributed by atoms with Gasteiger partial charge in [0.25, 0.3) is 5.91 Å². The van der Waals surface area contributed by atoms with Crippen LogP contribution in [0.1, 0.15) is 93.1 Å². The number of hydrogen-bond donors (Lipinski definition) is 0. The van der Waals surface area contributed by atoms with Crippen molar-refractivity contribution in [2.45, 2.75) is 92.1 Å². The summed E-state index contributed by atoms with van der Waals surface area (Å²) in [5, 5.41) is 0. The first-order valence-corrected chi connectivity index (χ1v) is 16.5. The number of esters is 1. The Morgan fingerprint density at radius 3 is 2.06 bits per heavy atom. The van der Waals surface area contributed by atoms with E-state index >= 15 is 0 Å². The molecule has 4 rings (SSSR count). The molecule has 0 saturated heterocycles. The van der Waals surface area contributed by atoms with E-state index in [-0.39, 0.29) is 19.1 Å². The van der Waals surface area contributed by atoms with Crippen molar-refractivity contribution in [2.24, 2.45) is 0 Å². The number of pyridine rings is 1. The smallest absolute Gasteiger partial charge is 0.420 e. The predicted octanol–water partition coefficient (Wildman–Crippen LogP) is 7.53. The first kappa shape index (κ1) is 36.8. The zero-order valence-corrected chi connectivity index (χ0v) is 29.6. The fourth-order valence-corrected chi connectivity index (χ4v) is 5.30. The third kappa shape index (κ3) is 11.3. The summed E-state index contributed by atoms with van der Waals surface area (Å²) in [6, 6.07) is 17.6. The van der Waals surface area contributed by atoms with Crippen molar-refractivity contribution >= 4 is 29.6 Å². The highest BCUT2D eigenvalue weighted by Gasteiger charge is 2.32. The van der Waals surface area contributed by atoms with Gasteiger partial charge in [-0.1, -0.05) is 48.5 Å². The summed E-state index contributed by atoms with van der Waals surface area (Å²) in [5.41, 5.74) is 4.31. The molecule has 0 fully saturated rings. The average molecular weight is 670 g/mol. The summed E-state index contributed by atoms with van der Waals surface area (Å²) in [5.74, 6) is -0.506. The van der Waals surface area contributed by atoms with E-state index in [1.54, 1.807) is 64.9 Å². The molecule has 0 unspecified atom stereocenters. The summed E-state index contributed by atoms with van der Waals surface area (Å²) in [6.45, 7) is 12.5. The molecule has 0 aliphatic carbocycles. The topological polar surface area (TPSA) is 115 Å². The molecule has 2 heterocycles. The Morgan fingerprint density at radius 1 is 0.816 bits per heavy atom. The van der Waals surface area contributed by atoms with Crippen molar-refractivity contribution in [3.63, 3.8) is 0 Å². The molecule has 3 aromatic rings. The van der Waals surface area contributed by atoms with E-state index in [0.717, 1.165) is 40.0 Å². The lowest BCUT2D eigenvalue weighted by molar-refractivity contribution is -0.142. The lowest BCUT2D eigenvalue weighted by Gasteiger charge is -2.29. The highest BCUT2D eigenvalue weighted by atomic mass is 16.6. The molecule has 1 aromatic heterocycles. The van der Waals surface area contributed by atoms with Crippen molar-refractivity contribution in [1.29, 1.82) is 0 Å². The Morgan fingerprint density at radius 2 is 1.47 bits per heavy atom. The Kier molecular flexibility index (Phi) is 12.0. The predicted molar refractivity (Wildman–Crippen MR) is 187 cm³/mol. The number of amides is 3. The monoisotopic (exact) mass is 669 g/mol. The van der Waals surface area contributed by atoms with E-state index < -0.39 is 29.4 Å². The molecule has 49 heavy (non-hydrogen) atoms. The molecule has 0 saturated carbocycles. The van der Waals surface area contributed by atoms with E-state index in [0.29, 0.717) is 30.6 Å². The fourth-order valence-electron chi connectivity index (χ4n) is 5.30. The molecule has 260 valence electrons. The standard InChI is InChI=1S/C39H47N3O7/c1-27(43)47-26-32-16-15-30(25-42(36(45)48-38(2,3)4)37(46)49-39(5,6)7)22-34(32)31-17-19-41(20-18-31)35(44)33-21-29(23-40-24-33)14-13-28-11-9-8-10-12-28/h8-12,15-17,21-24H,13-14,18-20,25-26H2,1-7H3. The number of rotatable bonds is 9. The first-order valence-electron chi connectivity index (χ1n) is 16.5. The van der Waals surface area contributed by atoms with Crippen LogP contribution in [0.2, 0.25) is 0 Å². The lowest BCUT2D eigenvalue weighted by atomic mass is 9.93. The van der Waals surface area contributed by atoms with E-state index in [4.69, 9.17) is 14.2 Å². The van der Waals surface area contributed by atoms with Crippen molar-refractivity contribution in [3.05, 3.63) is 106 Å². The molecule has 10 heteroatoms. The number of benzene rings is 2. The van der Waals surface area contributed by atoms with Crippen LogP contribution in [0.15, 0.2) is 73.1 Å². The number of ether oxygens (including phenoxy) is 3. The van der Waals surface area contributed by atoms with Gasteiger partial charge in [0.05, 0.1) is 12.1 Å². The molecule has 2 aromatic carbocycles. The van der Waals surface area contributed by atoms with Crippen molar-refractivity contribution in [2.75, 3.05) is 13.1 Å². The van der Waals surface area contributed by atoms with Crippen LogP contribution in [-0.4, -0.2) is 63.1 Å². The number of carbonyl (C=O) groups excluding carboxylic acids is 4. The van der Waals surface area contributed by atoms with Crippen LogP contribution in [0, 0.1) is 0 Å². The first-order chi connectivity index (χ1) is 23.1. The molecule has 0 atom stereocenters. The summed E-state index contributed by atoms with van der Waals surface area (Å²) in [4.78, 5) is 58.6. The van der Waals surface area contributed by atoms with E-state index in [9.17, 15) is 19.2 Å². The maximum absolute atomic E-state index is 13.5. The number of hydrogen-bond acceptors (Lipinski definition) is 8. The van der Waals surface area contributed by atoms with Crippen molar-refractivity contribution < 1.29 is 33.4 Å². The molecular weight excluding hydrogens is 622 g/mol. The van der Waals surface area contributed by atoms with Gasteiger partial charge < -0.3 is 19.1 Å². The van der Waals surface area contributed by atoms with Crippen LogP contribution < -0.4 is 0 Å². The molecule has 0 spiro atoms. The van der Waals surface area contributed by atoms with Gasteiger partial charge in [-0.25, -0.2) is 14.5 Å². The Labute approximate surface area is 289 Å². The Hall–Kier alpha value is -4.99. The molecule has 10 nitrogen and oxygen atoms in total. The van der Waals surface area contributed by atoms with Gasteiger partial charge >= 0.3 is 18.2 Å². The number of aryl methyl sites for hydroxylation is 2. The second-order valence-electron chi connectivity index (χ2n) is 14.1. The number of imide groups is 1. The summed E-state index contributed by atoms with van der Waals surface area (Å²) >= 11 is 0. The quantitative estimate of drug-likeness (QED) is 0.170. The number of aromatic nitrogens is 1. The fraction of sp³-hybridized carbons (Fsp3) is 0.410. The highest BCUT2D eigenvalue weighted by molar-refractivity contribution is 5.94. The van der Waals surface area contributed by atoms with E-state index in [2.05, 4.69) is 17.1 Å². The van der Waals surface area contributed by atoms with Gasteiger partial charge in [-0.3, -0.25) is 14.6 Å². The van der Waals surface area contributed by atoms with Gasteiger partial charge in [-0.2, -0.15) is 0 Å².